The molecule has 0 fully saturated rings. The number of carbonyl (C=O) groups is 1. The van der Waals surface area contributed by atoms with Crippen LogP contribution in [0.5, 0.6) is 0 Å². The zero-order valence-electron chi connectivity index (χ0n) is 11.5. The lowest BCUT2D eigenvalue weighted by Crippen LogP contribution is -2.35. The van der Waals surface area contributed by atoms with Gasteiger partial charge in [-0.2, -0.15) is 0 Å². The molecule has 0 radical (unpaired) electrons. The van der Waals surface area contributed by atoms with Gasteiger partial charge in [0, 0.05) is 16.8 Å². The normalized spacial score (nSPS) is 11.5. The van der Waals surface area contributed by atoms with Gasteiger partial charge in [-0.15, -0.1) is 0 Å². The van der Waals surface area contributed by atoms with E-state index in [1.165, 1.54) is 0 Å². The van der Waals surface area contributed by atoms with Crippen LogP contribution >= 0.6 is 23.8 Å². The molecule has 0 saturated heterocycles. The molecular weight excluding hydrogens is 304 g/mol. The zero-order valence-corrected chi connectivity index (χ0v) is 13.0. The topological polar surface area (TPSA) is 41.1 Å². The summed E-state index contributed by atoms with van der Waals surface area (Å²) in [7, 11) is 0. The van der Waals surface area contributed by atoms with Crippen LogP contribution in [0.3, 0.4) is 0 Å². The molecule has 2 aromatic rings. The Morgan fingerprint density at radius 3 is 2.33 bits per heavy atom. The first-order valence-corrected chi connectivity index (χ1v) is 7.27. The van der Waals surface area contributed by atoms with Crippen molar-refractivity contribution in [3.8, 4) is 0 Å². The molecule has 0 aliphatic heterocycles. The number of anilines is 1. The van der Waals surface area contributed by atoms with Crippen molar-refractivity contribution < 1.29 is 4.79 Å². The molecule has 1 atom stereocenters. The molecule has 2 N–H and O–H groups in total. The fourth-order valence-corrected chi connectivity index (χ4v) is 2.16. The summed E-state index contributed by atoms with van der Waals surface area (Å²) in [5.41, 5.74) is 1.72. The molecular formula is C16H15ClN2OS. The Morgan fingerprint density at radius 2 is 1.71 bits per heavy atom. The van der Waals surface area contributed by atoms with Gasteiger partial charge in [0.15, 0.2) is 4.99 Å². The summed E-state index contributed by atoms with van der Waals surface area (Å²) in [5, 5.41) is 6.36. The molecule has 0 aliphatic carbocycles. The molecule has 3 nitrogen and oxygen atoms in total. The lowest BCUT2D eigenvalue weighted by Gasteiger charge is -2.16. The minimum Gasteiger partial charge on any atom is -0.365 e. The van der Waals surface area contributed by atoms with Crippen LogP contribution in [0.1, 0.15) is 18.5 Å². The Labute approximate surface area is 134 Å². The Bertz CT molecular complexity index is 628. The average molecular weight is 319 g/mol. The summed E-state index contributed by atoms with van der Waals surface area (Å²) >= 11 is 10.9. The molecule has 2 aromatic carbocycles. The van der Waals surface area contributed by atoms with Gasteiger partial charge in [0.1, 0.15) is 0 Å². The highest BCUT2D eigenvalue weighted by atomic mass is 35.5. The minimum absolute atomic E-state index is 0.0327. The Balaban J connectivity index is 1.93. The third-order valence-corrected chi connectivity index (χ3v) is 3.51. The fraction of sp³-hybridized carbons (Fsp3) is 0.125. The third-order valence-electron chi connectivity index (χ3n) is 2.96. The van der Waals surface area contributed by atoms with E-state index in [9.17, 15) is 4.79 Å². The second-order valence-corrected chi connectivity index (χ2v) is 5.41. The van der Waals surface area contributed by atoms with Crippen LogP contribution in [0, 0.1) is 0 Å². The van der Waals surface area contributed by atoms with Crippen molar-refractivity contribution >= 4 is 40.4 Å². The molecule has 0 bridgehead atoms. The lowest BCUT2D eigenvalue weighted by atomic mass is 10.1. The zero-order chi connectivity index (χ0) is 15.2. The van der Waals surface area contributed by atoms with Crippen LogP contribution in [0.2, 0.25) is 5.02 Å². The molecule has 108 valence electrons. The second kappa shape index (κ2) is 7.20. The number of halogens is 1. The highest BCUT2D eigenvalue weighted by Crippen LogP contribution is 2.14. The van der Waals surface area contributed by atoms with Crippen molar-refractivity contribution in [3.05, 3.63) is 65.2 Å². The van der Waals surface area contributed by atoms with Crippen molar-refractivity contribution in [3.63, 3.8) is 0 Å². The SMILES string of the molecule is C[C@@H](NC(=S)C(=O)Nc1ccc(Cl)cc1)c1ccccc1. The number of hydrogen-bond donors (Lipinski definition) is 2. The van der Waals surface area contributed by atoms with Gasteiger partial charge in [-0.25, -0.2) is 0 Å². The maximum atomic E-state index is 12.0. The number of hydrogen-bond acceptors (Lipinski definition) is 2. The van der Waals surface area contributed by atoms with Crippen molar-refractivity contribution in [1.82, 2.24) is 5.32 Å². The first-order valence-electron chi connectivity index (χ1n) is 6.48. The first kappa shape index (κ1) is 15.5. The standard InChI is InChI=1S/C16H15ClN2OS/c1-11(12-5-3-2-4-6-12)18-16(21)15(20)19-14-9-7-13(17)8-10-14/h2-11H,1H3,(H,18,21)(H,19,20)/t11-/m1/s1. The maximum Gasteiger partial charge on any atom is 0.283 e. The average Bonchev–Trinajstić information content (AvgIpc) is 2.50. The number of benzene rings is 2. The summed E-state index contributed by atoms with van der Waals surface area (Å²) in [4.78, 5) is 12.2. The van der Waals surface area contributed by atoms with E-state index in [-0.39, 0.29) is 16.9 Å². The number of amides is 1. The summed E-state index contributed by atoms with van der Waals surface area (Å²) in [6.07, 6.45) is 0. The Kier molecular flexibility index (Phi) is 5.31. The summed E-state index contributed by atoms with van der Waals surface area (Å²) in [6, 6.07) is 16.6. The minimum atomic E-state index is -0.338. The molecule has 5 heteroatoms. The van der Waals surface area contributed by atoms with Gasteiger partial charge in [-0.3, -0.25) is 4.79 Å². The van der Waals surface area contributed by atoms with Crippen LogP contribution in [-0.2, 0) is 4.79 Å². The molecule has 2 rings (SSSR count). The molecule has 0 unspecified atom stereocenters. The van der Waals surface area contributed by atoms with E-state index >= 15 is 0 Å². The predicted molar refractivity (Wildman–Crippen MR) is 90.7 cm³/mol. The van der Waals surface area contributed by atoms with Crippen molar-refractivity contribution in [2.24, 2.45) is 0 Å². The van der Waals surface area contributed by atoms with Crippen molar-refractivity contribution in [2.75, 3.05) is 5.32 Å². The van der Waals surface area contributed by atoms with Gasteiger partial charge in [0.25, 0.3) is 5.91 Å². The van der Waals surface area contributed by atoms with E-state index < -0.39 is 0 Å². The fourth-order valence-electron chi connectivity index (χ4n) is 1.81. The van der Waals surface area contributed by atoms with Gasteiger partial charge in [0.05, 0.1) is 0 Å². The van der Waals surface area contributed by atoms with Crippen LogP contribution in [0.15, 0.2) is 54.6 Å². The van der Waals surface area contributed by atoms with Crippen molar-refractivity contribution in [1.29, 1.82) is 0 Å². The predicted octanol–water partition coefficient (Wildman–Crippen LogP) is 3.96. The van der Waals surface area contributed by atoms with E-state index in [0.29, 0.717) is 10.7 Å². The summed E-state index contributed by atoms with van der Waals surface area (Å²) < 4.78 is 0. The second-order valence-electron chi connectivity index (χ2n) is 4.57. The van der Waals surface area contributed by atoms with E-state index in [2.05, 4.69) is 10.6 Å². The number of carbonyl (C=O) groups excluding carboxylic acids is 1. The van der Waals surface area contributed by atoms with Crippen LogP contribution in [-0.4, -0.2) is 10.9 Å². The van der Waals surface area contributed by atoms with E-state index in [1.54, 1.807) is 24.3 Å². The molecule has 0 saturated carbocycles. The first-order chi connectivity index (χ1) is 10.1. The Hall–Kier alpha value is -1.91. The van der Waals surface area contributed by atoms with Gasteiger partial charge < -0.3 is 10.6 Å². The number of nitrogens with one attached hydrogen (secondary N) is 2. The Morgan fingerprint density at radius 1 is 1.10 bits per heavy atom. The van der Waals surface area contributed by atoms with E-state index in [1.807, 2.05) is 37.3 Å². The largest absolute Gasteiger partial charge is 0.365 e. The van der Waals surface area contributed by atoms with Crippen LogP contribution < -0.4 is 10.6 Å². The lowest BCUT2D eigenvalue weighted by molar-refractivity contribution is -0.110. The highest BCUT2D eigenvalue weighted by Gasteiger charge is 2.13. The molecule has 0 heterocycles. The monoisotopic (exact) mass is 318 g/mol. The van der Waals surface area contributed by atoms with Crippen LogP contribution in [0.4, 0.5) is 5.69 Å². The highest BCUT2D eigenvalue weighted by molar-refractivity contribution is 7.82. The quantitative estimate of drug-likeness (QED) is 0.842. The van der Waals surface area contributed by atoms with Gasteiger partial charge >= 0.3 is 0 Å². The number of rotatable bonds is 3. The molecule has 0 aromatic heterocycles. The van der Waals surface area contributed by atoms with Crippen molar-refractivity contribution in [2.45, 2.75) is 13.0 Å². The van der Waals surface area contributed by atoms with Crippen LogP contribution in [0.25, 0.3) is 0 Å². The molecule has 1 amide bonds. The molecule has 21 heavy (non-hydrogen) atoms. The smallest absolute Gasteiger partial charge is 0.283 e. The van der Waals surface area contributed by atoms with Gasteiger partial charge in [-0.05, 0) is 36.8 Å². The number of thiocarbonyl (C=S) groups is 1. The third kappa shape index (κ3) is 4.55. The summed E-state index contributed by atoms with van der Waals surface area (Å²) in [5.74, 6) is -0.338. The summed E-state index contributed by atoms with van der Waals surface area (Å²) in [6.45, 7) is 1.96. The van der Waals surface area contributed by atoms with Gasteiger partial charge in [-0.1, -0.05) is 54.2 Å². The van der Waals surface area contributed by atoms with E-state index in [4.69, 9.17) is 23.8 Å². The van der Waals surface area contributed by atoms with E-state index in [0.717, 1.165) is 5.56 Å². The molecule has 0 aliphatic rings. The van der Waals surface area contributed by atoms with Gasteiger partial charge in [0.2, 0.25) is 0 Å². The molecule has 0 spiro atoms. The maximum absolute atomic E-state index is 12.0.